The van der Waals surface area contributed by atoms with Crippen LogP contribution in [0.25, 0.3) is 0 Å². The molecule has 1 rings (SSSR count). The predicted molar refractivity (Wildman–Crippen MR) is 81.7 cm³/mol. The summed E-state index contributed by atoms with van der Waals surface area (Å²) in [6.07, 6.45) is 0. The molecule has 0 unspecified atom stereocenters. The molecule has 0 aliphatic carbocycles. The Bertz CT molecular complexity index is 521. The van der Waals surface area contributed by atoms with Gasteiger partial charge in [0.05, 0.1) is 24.2 Å². The smallest absolute Gasteiger partial charge is 0.272 e. The third-order valence-corrected chi connectivity index (χ3v) is 3.35. The summed E-state index contributed by atoms with van der Waals surface area (Å²) in [7, 11) is 0. The van der Waals surface area contributed by atoms with Crippen molar-refractivity contribution >= 4 is 35.4 Å². The topological polar surface area (TPSA) is 133 Å². The predicted octanol–water partition coefficient (Wildman–Crippen LogP) is 0.207. The highest BCUT2D eigenvalue weighted by Crippen LogP contribution is 2.34. The molecule has 0 spiro atoms. The molecule has 0 aliphatic heterocycles. The largest absolute Gasteiger partial charge is 0.504 e. The zero-order valence-corrected chi connectivity index (χ0v) is 13.0. The van der Waals surface area contributed by atoms with E-state index in [1.54, 1.807) is 0 Å². The number of hydrogen-bond acceptors (Lipinski definition) is 6. The number of amides is 2. The number of rotatable bonds is 6. The fraction of sp³-hybridized carbons (Fsp3) is 0.333. The molecular weight excluding hydrogens is 335 g/mol. The van der Waals surface area contributed by atoms with E-state index in [4.69, 9.17) is 35.0 Å². The molecule has 1 aromatic rings. The van der Waals surface area contributed by atoms with Crippen LogP contribution in [0.3, 0.4) is 0 Å². The monoisotopic (exact) mass is 350 g/mol. The summed E-state index contributed by atoms with van der Waals surface area (Å²) < 4.78 is 1.52. The molecule has 0 saturated heterocycles. The molecule has 0 aliphatic rings. The van der Waals surface area contributed by atoms with Crippen LogP contribution in [-0.4, -0.2) is 57.0 Å². The summed E-state index contributed by atoms with van der Waals surface area (Å²) in [4.78, 5) is 23.9. The maximum Gasteiger partial charge on any atom is 0.272 e. The van der Waals surface area contributed by atoms with Gasteiger partial charge in [-0.2, -0.15) is 0 Å². The molecule has 0 saturated carbocycles. The van der Waals surface area contributed by atoms with E-state index in [1.165, 1.54) is 0 Å². The Kier molecular flexibility index (Phi) is 6.69. The number of nitrogens with zero attached hydrogens (tertiary/aromatic N) is 2. The average Bonchev–Trinajstić information content (AvgIpc) is 2.49. The first-order valence-corrected chi connectivity index (χ1v) is 6.93. The first kappa shape index (κ1) is 18.3. The second kappa shape index (κ2) is 8.04. The van der Waals surface area contributed by atoms with E-state index in [1.807, 2.05) is 0 Å². The van der Waals surface area contributed by atoms with Crippen LogP contribution in [0.4, 0.5) is 0 Å². The minimum Gasteiger partial charge on any atom is -0.504 e. The second-order valence-electron chi connectivity index (χ2n) is 4.22. The summed E-state index contributed by atoms with van der Waals surface area (Å²) in [6, 6.07) is 2.31. The number of carbonyl (C=O) groups excluding carboxylic acids is 2. The zero-order chi connectivity index (χ0) is 16.9. The average molecular weight is 351 g/mol. The Morgan fingerprint density at radius 2 is 1.23 bits per heavy atom. The number of phenols is 2. The van der Waals surface area contributed by atoms with Gasteiger partial charge in [0.15, 0.2) is 11.5 Å². The number of hydrogen-bond donors (Lipinski definition) is 4. The molecular formula is C12H16Cl2N4O4. The molecule has 0 radical (unpaired) electrons. The Balaban J connectivity index is 3.12. The van der Waals surface area contributed by atoms with E-state index >= 15 is 0 Å². The van der Waals surface area contributed by atoms with Gasteiger partial charge in [-0.25, -0.2) is 8.84 Å². The quantitative estimate of drug-likeness (QED) is 0.428. The second-order valence-corrected chi connectivity index (χ2v) is 5.03. The van der Waals surface area contributed by atoms with Crippen molar-refractivity contribution < 1.29 is 19.8 Å². The van der Waals surface area contributed by atoms with Crippen LogP contribution in [0.5, 0.6) is 11.5 Å². The molecule has 122 valence electrons. The van der Waals surface area contributed by atoms with Crippen LogP contribution < -0.4 is 11.5 Å². The van der Waals surface area contributed by atoms with E-state index in [9.17, 15) is 19.8 Å². The molecule has 2 amide bonds. The molecule has 22 heavy (non-hydrogen) atoms. The molecule has 0 bridgehead atoms. The minimum atomic E-state index is -0.767. The van der Waals surface area contributed by atoms with E-state index in [2.05, 4.69) is 0 Å². The number of aromatic hydroxyl groups is 2. The van der Waals surface area contributed by atoms with E-state index in [-0.39, 0.29) is 37.3 Å². The molecule has 6 N–H and O–H groups in total. The molecule has 0 atom stereocenters. The Labute approximate surface area is 137 Å². The van der Waals surface area contributed by atoms with Crippen molar-refractivity contribution in [2.24, 2.45) is 11.5 Å². The van der Waals surface area contributed by atoms with Gasteiger partial charge in [-0.05, 0) is 12.1 Å². The van der Waals surface area contributed by atoms with Crippen LogP contribution in [0.2, 0.25) is 0 Å². The van der Waals surface area contributed by atoms with Crippen LogP contribution in [0, 0.1) is 0 Å². The van der Waals surface area contributed by atoms with Crippen molar-refractivity contribution in [3.8, 4) is 11.5 Å². The fourth-order valence-electron chi connectivity index (χ4n) is 1.62. The lowest BCUT2D eigenvalue weighted by molar-refractivity contribution is 0.0848. The highest BCUT2D eigenvalue weighted by atomic mass is 35.5. The molecule has 10 heteroatoms. The summed E-state index contributed by atoms with van der Waals surface area (Å²) in [5.74, 6) is -3.06. The van der Waals surface area contributed by atoms with Crippen LogP contribution in [0.1, 0.15) is 20.7 Å². The SMILES string of the molecule is NCCN(Cl)C(=O)c1ccc(C(=O)N(Cl)CCN)c(O)c1O. The van der Waals surface area contributed by atoms with Crippen LogP contribution >= 0.6 is 23.6 Å². The summed E-state index contributed by atoms with van der Waals surface area (Å²) in [5, 5.41) is 19.8. The number of benzene rings is 1. The van der Waals surface area contributed by atoms with Gasteiger partial charge in [-0.3, -0.25) is 9.59 Å². The number of phenolic OH excluding ortho intramolecular Hbond substituents is 2. The summed E-state index contributed by atoms with van der Waals surface area (Å²) in [5.41, 5.74) is 10.0. The van der Waals surface area contributed by atoms with E-state index < -0.39 is 23.3 Å². The lowest BCUT2D eigenvalue weighted by Crippen LogP contribution is -2.28. The maximum atomic E-state index is 12.0. The van der Waals surface area contributed by atoms with Crippen LogP contribution in [-0.2, 0) is 0 Å². The van der Waals surface area contributed by atoms with Gasteiger partial charge in [-0.15, -0.1) is 0 Å². The van der Waals surface area contributed by atoms with Crippen molar-refractivity contribution in [1.82, 2.24) is 8.84 Å². The number of carbonyl (C=O) groups is 2. The van der Waals surface area contributed by atoms with Gasteiger partial charge >= 0.3 is 0 Å². The van der Waals surface area contributed by atoms with Crippen molar-refractivity contribution in [2.45, 2.75) is 0 Å². The van der Waals surface area contributed by atoms with Crippen molar-refractivity contribution in [3.63, 3.8) is 0 Å². The minimum absolute atomic E-state index is 0.0488. The van der Waals surface area contributed by atoms with Gasteiger partial charge < -0.3 is 21.7 Å². The Morgan fingerprint density at radius 1 is 0.909 bits per heavy atom. The van der Waals surface area contributed by atoms with Gasteiger partial charge in [0.1, 0.15) is 0 Å². The molecule has 0 heterocycles. The van der Waals surface area contributed by atoms with Crippen LogP contribution in [0.15, 0.2) is 12.1 Å². The third kappa shape index (κ3) is 3.92. The molecule has 0 aromatic heterocycles. The van der Waals surface area contributed by atoms with Gasteiger partial charge in [0.2, 0.25) is 0 Å². The first-order chi connectivity index (χ1) is 10.3. The summed E-state index contributed by atoms with van der Waals surface area (Å²) >= 11 is 11.4. The fourth-order valence-corrected chi connectivity index (χ4v) is 1.99. The van der Waals surface area contributed by atoms with E-state index in [0.29, 0.717) is 0 Å². The molecule has 0 fully saturated rings. The third-order valence-electron chi connectivity index (χ3n) is 2.70. The van der Waals surface area contributed by atoms with Gasteiger partial charge in [0.25, 0.3) is 11.8 Å². The number of nitrogens with two attached hydrogens (primary N) is 2. The van der Waals surface area contributed by atoms with Gasteiger partial charge in [0, 0.05) is 36.6 Å². The lowest BCUT2D eigenvalue weighted by Gasteiger charge is -2.17. The Hall–Kier alpha value is -1.74. The van der Waals surface area contributed by atoms with Crippen molar-refractivity contribution in [2.75, 3.05) is 26.2 Å². The zero-order valence-electron chi connectivity index (χ0n) is 11.5. The van der Waals surface area contributed by atoms with E-state index in [0.717, 1.165) is 21.0 Å². The standard InChI is InChI=1S/C12H16Cl2N4O4/c13-17(5-3-15)11(21)7-1-2-8(10(20)9(7)19)12(22)18(14)6-4-16/h1-2,19-20H,3-6,15-16H2. The molecule has 8 nitrogen and oxygen atoms in total. The maximum absolute atomic E-state index is 12.0. The van der Waals surface area contributed by atoms with Crippen molar-refractivity contribution in [3.05, 3.63) is 23.3 Å². The van der Waals surface area contributed by atoms with Gasteiger partial charge in [-0.1, -0.05) is 0 Å². The normalized spacial score (nSPS) is 10.4. The number of halogens is 2. The highest BCUT2D eigenvalue weighted by molar-refractivity contribution is 6.26. The van der Waals surface area contributed by atoms with Crippen molar-refractivity contribution in [1.29, 1.82) is 0 Å². The lowest BCUT2D eigenvalue weighted by atomic mass is 10.1. The first-order valence-electron chi connectivity index (χ1n) is 6.25. The molecule has 1 aromatic carbocycles. The Morgan fingerprint density at radius 3 is 1.50 bits per heavy atom. The highest BCUT2D eigenvalue weighted by Gasteiger charge is 2.25. The summed E-state index contributed by atoms with van der Waals surface area (Å²) in [6.45, 7) is 0.345.